The van der Waals surface area contributed by atoms with E-state index in [-0.39, 0.29) is 0 Å². The van der Waals surface area contributed by atoms with Gasteiger partial charge in [0, 0.05) is 18.6 Å². The Labute approximate surface area is 119 Å². The van der Waals surface area contributed by atoms with Gasteiger partial charge >= 0.3 is 0 Å². The molecule has 0 bridgehead atoms. The zero-order valence-corrected chi connectivity index (χ0v) is 11.5. The highest BCUT2D eigenvalue weighted by Crippen LogP contribution is 2.14. The number of rotatable bonds is 4. The van der Waals surface area contributed by atoms with E-state index >= 15 is 0 Å². The molecule has 5 heteroatoms. The van der Waals surface area contributed by atoms with Crippen LogP contribution in [0.5, 0.6) is 0 Å². The van der Waals surface area contributed by atoms with E-state index in [9.17, 15) is 4.21 Å². The van der Waals surface area contributed by atoms with E-state index in [0.29, 0.717) is 10.9 Å². The van der Waals surface area contributed by atoms with Gasteiger partial charge in [-0.15, -0.1) is 0 Å². The van der Waals surface area contributed by atoms with Gasteiger partial charge in [-0.3, -0.25) is 8.78 Å². The van der Waals surface area contributed by atoms with E-state index in [4.69, 9.17) is 0 Å². The monoisotopic (exact) mass is 283 g/mol. The molecule has 2 heterocycles. The van der Waals surface area contributed by atoms with Crippen molar-refractivity contribution in [3.63, 3.8) is 0 Å². The SMILES string of the molecule is O=S(Cc1ccccc1)c1nccn1-c1ccccn1. The number of pyridine rings is 1. The van der Waals surface area contributed by atoms with Crippen molar-refractivity contribution < 1.29 is 4.21 Å². The van der Waals surface area contributed by atoms with Crippen molar-refractivity contribution in [3.05, 3.63) is 72.7 Å². The average molecular weight is 283 g/mol. The summed E-state index contributed by atoms with van der Waals surface area (Å²) in [7, 11) is -1.20. The highest BCUT2D eigenvalue weighted by Gasteiger charge is 2.13. The smallest absolute Gasteiger partial charge is 0.205 e. The number of nitrogens with zero attached hydrogens (tertiary/aromatic N) is 3. The van der Waals surface area contributed by atoms with E-state index < -0.39 is 10.8 Å². The Kier molecular flexibility index (Phi) is 3.69. The molecular formula is C15H13N3OS. The fourth-order valence-electron chi connectivity index (χ4n) is 1.92. The normalized spacial score (nSPS) is 12.2. The third kappa shape index (κ3) is 2.67. The van der Waals surface area contributed by atoms with Crippen LogP contribution in [0, 0.1) is 0 Å². The zero-order chi connectivity index (χ0) is 13.8. The van der Waals surface area contributed by atoms with E-state index in [1.54, 1.807) is 23.2 Å². The van der Waals surface area contributed by atoms with E-state index in [1.807, 2.05) is 48.5 Å². The summed E-state index contributed by atoms with van der Waals surface area (Å²) in [5.74, 6) is 1.17. The van der Waals surface area contributed by atoms with Gasteiger partial charge in [-0.25, -0.2) is 9.97 Å². The molecule has 2 aromatic heterocycles. The first-order valence-electron chi connectivity index (χ1n) is 6.21. The molecule has 20 heavy (non-hydrogen) atoms. The fourth-order valence-corrected chi connectivity index (χ4v) is 3.10. The number of benzene rings is 1. The van der Waals surface area contributed by atoms with E-state index in [2.05, 4.69) is 9.97 Å². The van der Waals surface area contributed by atoms with Gasteiger partial charge in [0.2, 0.25) is 5.16 Å². The second kappa shape index (κ2) is 5.79. The van der Waals surface area contributed by atoms with Crippen molar-refractivity contribution in [1.82, 2.24) is 14.5 Å². The topological polar surface area (TPSA) is 47.8 Å². The van der Waals surface area contributed by atoms with Gasteiger partial charge in [-0.2, -0.15) is 0 Å². The van der Waals surface area contributed by atoms with Crippen LogP contribution in [0.2, 0.25) is 0 Å². The summed E-state index contributed by atoms with van der Waals surface area (Å²) in [4.78, 5) is 8.47. The van der Waals surface area contributed by atoms with Crippen molar-refractivity contribution >= 4 is 10.8 Å². The lowest BCUT2D eigenvalue weighted by atomic mass is 10.2. The van der Waals surface area contributed by atoms with Crippen LogP contribution in [0.25, 0.3) is 5.82 Å². The summed E-state index contributed by atoms with van der Waals surface area (Å²) in [5, 5.41) is 0.521. The summed E-state index contributed by atoms with van der Waals surface area (Å²) in [5.41, 5.74) is 1.03. The summed E-state index contributed by atoms with van der Waals surface area (Å²) in [6.45, 7) is 0. The molecule has 0 aliphatic carbocycles. The van der Waals surface area contributed by atoms with Crippen molar-refractivity contribution in [2.24, 2.45) is 0 Å². The van der Waals surface area contributed by atoms with Gasteiger partial charge in [0.25, 0.3) is 0 Å². The van der Waals surface area contributed by atoms with E-state index in [0.717, 1.165) is 11.4 Å². The lowest BCUT2D eigenvalue weighted by Gasteiger charge is -2.06. The molecule has 3 rings (SSSR count). The maximum Gasteiger partial charge on any atom is 0.205 e. The van der Waals surface area contributed by atoms with Crippen molar-refractivity contribution in [3.8, 4) is 5.82 Å². The summed E-state index contributed by atoms with van der Waals surface area (Å²) in [6, 6.07) is 15.4. The predicted octanol–water partition coefficient (Wildman–Crippen LogP) is 2.58. The lowest BCUT2D eigenvalue weighted by Crippen LogP contribution is -2.06. The molecule has 0 amide bonds. The quantitative estimate of drug-likeness (QED) is 0.739. The highest BCUT2D eigenvalue weighted by atomic mass is 32.2. The molecule has 0 saturated carbocycles. The molecule has 4 nitrogen and oxygen atoms in total. The molecule has 100 valence electrons. The lowest BCUT2D eigenvalue weighted by molar-refractivity contribution is 0.671. The van der Waals surface area contributed by atoms with Crippen molar-refractivity contribution in [2.45, 2.75) is 10.9 Å². The van der Waals surface area contributed by atoms with Crippen molar-refractivity contribution in [1.29, 1.82) is 0 Å². The molecule has 0 fully saturated rings. The Hall–Kier alpha value is -2.27. The Morgan fingerprint density at radius 2 is 1.75 bits per heavy atom. The minimum Gasteiger partial charge on any atom is -0.277 e. The number of hydrogen-bond donors (Lipinski definition) is 0. The van der Waals surface area contributed by atoms with Crippen LogP contribution in [0.3, 0.4) is 0 Å². The average Bonchev–Trinajstić information content (AvgIpc) is 2.99. The Bertz CT molecular complexity index is 710. The minimum atomic E-state index is -1.20. The van der Waals surface area contributed by atoms with Crippen LogP contribution in [0.1, 0.15) is 5.56 Å². The summed E-state index contributed by atoms with van der Waals surface area (Å²) in [6.07, 6.45) is 5.13. The van der Waals surface area contributed by atoms with Crippen LogP contribution in [0.15, 0.2) is 72.3 Å². The zero-order valence-electron chi connectivity index (χ0n) is 10.7. The maximum absolute atomic E-state index is 12.5. The number of hydrogen-bond acceptors (Lipinski definition) is 3. The van der Waals surface area contributed by atoms with Gasteiger partial charge in [-0.05, 0) is 17.7 Å². The molecule has 0 N–H and O–H groups in total. The Morgan fingerprint density at radius 1 is 0.950 bits per heavy atom. The first-order valence-corrected chi connectivity index (χ1v) is 7.53. The Morgan fingerprint density at radius 3 is 2.50 bits per heavy atom. The maximum atomic E-state index is 12.5. The Balaban J connectivity index is 1.88. The summed E-state index contributed by atoms with van der Waals surface area (Å²) >= 11 is 0. The van der Waals surface area contributed by atoms with Crippen molar-refractivity contribution in [2.75, 3.05) is 0 Å². The second-order valence-corrected chi connectivity index (χ2v) is 5.59. The van der Waals surface area contributed by atoms with Crippen LogP contribution >= 0.6 is 0 Å². The minimum absolute atomic E-state index is 0.449. The largest absolute Gasteiger partial charge is 0.277 e. The first kappa shape index (κ1) is 12.7. The number of imidazole rings is 1. The van der Waals surface area contributed by atoms with Gasteiger partial charge < -0.3 is 0 Å². The van der Waals surface area contributed by atoms with Gasteiger partial charge in [-0.1, -0.05) is 36.4 Å². The second-order valence-electron chi connectivity index (χ2n) is 4.24. The molecule has 0 aliphatic rings. The standard InChI is InChI=1S/C15H13N3OS/c19-20(12-13-6-2-1-3-7-13)15-17-10-11-18(15)14-8-4-5-9-16-14/h1-11H,12H2. The molecule has 3 aromatic rings. The molecular weight excluding hydrogens is 270 g/mol. The molecule has 0 aliphatic heterocycles. The first-order chi connectivity index (χ1) is 9.84. The van der Waals surface area contributed by atoms with Gasteiger partial charge in [0.1, 0.15) is 5.82 Å². The predicted molar refractivity (Wildman–Crippen MR) is 77.9 cm³/mol. The molecule has 0 saturated heterocycles. The van der Waals surface area contributed by atoms with Crippen LogP contribution in [-0.4, -0.2) is 18.7 Å². The highest BCUT2D eigenvalue weighted by molar-refractivity contribution is 7.84. The molecule has 0 spiro atoms. The summed E-state index contributed by atoms with van der Waals surface area (Å²) < 4.78 is 14.2. The third-order valence-electron chi connectivity index (χ3n) is 2.85. The molecule has 1 aromatic carbocycles. The van der Waals surface area contributed by atoms with Crippen LogP contribution in [-0.2, 0) is 16.6 Å². The molecule has 0 radical (unpaired) electrons. The molecule has 1 unspecified atom stereocenters. The number of aromatic nitrogens is 3. The van der Waals surface area contributed by atoms with Crippen LogP contribution in [0.4, 0.5) is 0 Å². The fraction of sp³-hybridized carbons (Fsp3) is 0.0667. The van der Waals surface area contributed by atoms with Gasteiger partial charge in [0.05, 0.1) is 16.6 Å². The van der Waals surface area contributed by atoms with E-state index in [1.165, 1.54) is 0 Å². The third-order valence-corrected chi connectivity index (χ3v) is 4.15. The van der Waals surface area contributed by atoms with Gasteiger partial charge in [0.15, 0.2) is 0 Å². The molecule has 1 atom stereocenters. The van der Waals surface area contributed by atoms with Crippen LogP contribution < -0.4 is 0 Å².